The van der Waals surface area contributed by atoms with Gasteiger partial charge in [-0.3, -0.25) is 4.90 Å². The molecule has 5 heteroatoms. The highest BCUT2D eigenvalue weighted by Gasteiger charge is 2.27. The lowest BCUT2D eigenvalue weighted by atomic mass is 10.1. The summed E-state index contributed by atoms with van der Waals surface area (Å²) in [6.45, 7) is 5.67. The Morgan fingerprint density at radius 1 is 1.25 bits per heavy atom. The van der Waals surface area contributed by atoms with Gasteiger partial charge in [0.2, 0.25) is 0 Å². The lowest BCUT2D eigenvalue weighted by Crippen LogP contribution is -2.47. The molecule has 1 aliphatic carbocycles. The maximum absolute atomic E-state index is 5.89. The molecule has 0 radical (unpaired) electrons. The molecule has 20 heavy (non-hydrogen) atoms. The van der Waals surface area contributed by atoms with Crippen LogP contribution in [0, 0.1) is 5.92 Å². The summed E-state index contributed by atoms with van der Waals surface area (Å²) in [5, 5.41) is 0. The molecule has 108 valence electrons. The third-order valence-electron chi connectivity index (χ3n) is 4.16. The van der Waals surface area contributed by atoms with Crippen LogP contribution >= 0.6 is 28.1 Å². The monoisotopic (exact) mass is 353 g/mol. The van der Waals surface area contributed by atoms with Crippen LogP contribution in [0.15, 0.2) is 22.7 Å². The summed E-state index contributed by atoms with van der Waals surface area (Å²) in [5.41, 5.74) is 8.02. The van der Waals surface area contributed by atoms with E-state index in [9.17, 15) is 0 Å². The Hall–Kier alpha value is -0.650. The average Bonchev–Trinajstić information content (AvgIpc) is 3.23. The number of thiocarbonyl (C=S) groups is 1. The van der Waals surface area contributed by atoms with E-state index in [2.05, 4.69) is 37.9 Å². The third kappa shape index (κ3) is 3.15. The Bertz CT molecular complexity index is 508. The molecule has 3 nitrogen and oxygen atoms in total. The first kappa shape index (κ1) is 14.3. The van der Waals surface area contributed by atoms with Crippen LogP contribution in [0.3, 0.4) is 0 Å². The van der Waals surface area contributed by atoms with Gasteiger partial charge in [-0.2, -0.15) is 0 Å². The molecule has 1 saturated carbocycles. The highest BCUT2D eigenvalue weighted by atomic mass is 79.9. The van der Waals surface area contributed by atoms with Crippen molar-refractivity contribution in [3.05, 3.63) is 28.2 Å². The molecular formula is C15H20BrN3S. The number of nitrogens with zero attached hydrogens (tertiary/aromatic N) is 2. The zero-order valence-corrected chi connectivity index (χ0v) is 13.9. The van der Waals surface area contributed by atoms with E-state index in [1.807, 2.05) is 6.07 Å². The summed E-state index contributed by atoms with van der Waals surface area (Å²) in [5.74, 6) is 0.972. The van der Waals surface area contributed by atoms with Crippen LogP contribution in [0.25, 0.3) is 0 Å². The minimum Gasteiger partial charge on any atom is -0.389 e. The fourth-order valence-electron chi connectivity index (χ4n) is 2.86. The molecule has 2 aliphatic rings. The molecule has 0 atom stereocenters. The maximum Gasteiger partial charge on any atom is 0.107 e. The fourth-order valence-corrected chi connectivity index (χ4v) is 3.77. The topological polar surface area (TPSA) is 32.5 Å². The fraction of sp³-hybridized carbons (Fsp3) is 0.533. The van der Waals surface area contributed by atoms with Crippen molar-refractivity contribution in [2.75, 3.05) is 37.6 Å². The van der Waals surface area contributed by atoms with Crippen LogP contribution in [-0.4, -0.2) is 42.6 Å². The highest BCUT2D eigenvalue weighted by molar-refractivity contribution is 9.10. The van der Waals surface area contributed by atoms with Crippen molar-refractivity contribution in [1.29, 1.82) is 0 Å². The largest absolute Gasteiger partial charge is 0.389 e. The minimum atomic E-state index is 0.466. The SMILES string of the molecule is NC(=S)c1c(Br)cccc1N1CCN(CC2CC2)CC1. The Morgan fingerprint density at radius 2 is 1.95 bits per heavy atom. The second kappa shape index (κ2) is 6.00. The first-order valence-corrected chi connectivity index (χ1v) is 8.41. The van der Waals surface area contributed by atoms with Crippen LogP contribution in [-0.2, 0) is 0 Å². The smallest absolute Gasteiger partial charge is 0.107 e. The van der Waals surface area contributed by atoms with Gasteiger partial charge in [0, 0.05) is 48.4 Å². The van der Waals surface area contributed by atoms with Crippen LogP contribution < -0.4 is 10.6 Å². The van der Waals surface area contributed by atoms with Crippen LogP contribution in [0.1, 0.15) is 18.4 Å². The van der Waals surface area contributed by atoms with Crippen molar-refractivity contribution in [2.45, 2.75) is 12.8 Å². The van der Waals surface area contributed by atoms with E-state index in [0.29, 0.717) is 4.99 Å². The number of rotatable bonds is 4. The predicted octanol–water partition coefficient (Wildman–Crippen LogP) is 2.62. The van der Waals surface area contributed by atoms with Gasteiger partial charge in [-0.15, -0.1) is 0 Å². The van der Waals surface area contributed by atoms with E-state index < -0.39 is 0 Å². The summed E-state index contributed by atoms with van der Waals surface area (Å²) in [6, 6.07) is 6.18. The number of nitrogens with two attached hydrogens (primary N) is 1. The molecule has 0 spiro atoms. The van der Waals surface area contributed by atoms with Gasteiger partial charge in [0.25, 0.3) is 0 Å². The quantitative estimate of drug-likeness (QED) is 0.843. The lowest BCUT2D eigenvalue weighted by molar-refractivity contribution is 0.248. The van der Waals surface area contributed by atoms with E-state index in [0.717, 1.165) is 47.8 Å². The van der Waals surface area contributed by atoms with Crippen molar-refractivity contribution in [1.82, 2.24) is 4.90 Å². The summed E-state index contributed by atoms with van der Waals surface area (Å²) in [7, 11) is 0. The number of halogens is 1. The molecule has 1 heterocycles. The van der Waals surface area contributed by atoms with Gasteiger partial charge in [0.1, 0.15) is 4.99 Å². The Labute approximate surface area is 134 Å². The molecule has 2 N–H and O–H groups in total. The number of hydrogen-bond acceptors (Lipinski definition) is 3. The predicted molar refractivity (Wildman–Crippen MR) is 91.4 cm³/mol. The van der Waals surface area contributed by atoms with E-state index in [1.54, 1.807) is 0 Å². The number of anilines is 1. The Balaban J connectivity index is 1.71. The van der Waals surface area contributed by atoms with Crippen molar-refractivity contribution in [3.63, 3.8) is 0 Å². The van der Waals surface area contributed by atoms with E-state index in [-0.39, 0.29) is 0 Å². The summed E-state index contributed by atoms with van der Waals surface area (Å²) < 4.78 is 0.989. The molecule has 1 aromatic carbocycles. The lowest BCUT2D eigenvalue weighted by Gasteiger charge is -2.37. The summed E-state index contributed by atoms with van der Waals surface area (Å²) >= 11 is 8.77. The van der Waals surface area contributed by atoms with Gasteiger partial charge in [-0.25, -0.2) is 0 Å². The van der Waals surface area contributed by atoms with Crippen LogP contribution in [0.4, 0.5) is 5.69 Å². The van der Waals surface area contributed by atoms with Gasteiger partial charge in [0.15, 0.2) is 0 Å². The Morgan fingerprint density at radius 3 is 2.55 bits per heavy atom. The van der Waals surface area contributed by atoms with Crippen molar-refractivity contribution < 1.29 is 0 Å². The first-order valence-electron chi connectivity index (χ1n) is 7.21. The van der Waals surface area contributed by atoms with E-state index in [4.69, 9.17) is 18.0 Å². The maximum atomic E-state index is 5.89. The van der Waals surface area contributed by atoms with E-state index in [1.165, 1.54) is 19.4 Å². The second-order valence-corrected chi connectivity index (χ2v) is 7.02. The van der Waals surface area contributed by atoms with Gasteiger partial charge < -0.3 is 10.6 Å². The second-order valence-electron chi connectivity index (χ2n) is 5.73. The molecule has 1 aliphatic heterocycles. The molecule has 1 aromatic rings. The van der Waals surface area contributed by atoms with Gasteiger partial charge in [0.05, 0.1) is 0 Å². The Kier molecular flexibility index (Phi) is 4.29. The summed E-state index contributed by atoms with van der Waals surface area (Å²) in [6.07, 6.45) is 2.86. The van der Waals surface area contributed by atoms with Crippen molar-refractivity contribution in [3.8, 4) is 0 Å². The molecule has 3 rings (SSSR count). The third-order valence-corrected chi connectivity index (χ3v) is 5.03. The normalized spacial score (nSPS) is 20.1. The van der Waals surface area contributed by atoms with Gasteiger partial charge in [-0.1, -0.05) is 18.3 Å². The molecule has 0 unspecified atom stereocenters. The average molecular weight is 354 g/mol. The zero-order chi connectivity index (χ0) is 14.1. The van der Waals surface area contributed by atoms with Crippen molar-refractivity contribution >= 4 is 38.8 Å². The number of benzene rings is 1. The standard InChI is InChI=1S/C15H20BrN3S/c16-12-2-1-3-13(14(12)15(17)20)19-8-6-18(7-9-19)10-11-4-5-11/h1-3,11H,4-10H2,(H2,17,20). The van der Waals surface area contributed by atoms with Crippen molar-refractivity contribution in [2.24, 2.45) is 11.7 Å². The summed E-state index contributed by atoms with van der Waals surface area (Å²) in [4.78, 5) is 5.46. The first-order chi connectivity index (χ1) is 9.65. The van der Waals surface area contributed by atoms with E-state index >= 15 is 0 Å². The van der Waals surface area contributed by atoms with Gasteiger partial charge >= 0.3 is 0 Å². The number of piperazine rings is 1. The van der Waals surface area contributed by atoms with Crippen LogP contribution in [0.5, 0.6) is 0 Å². The molecule has 0 bridgehead atoms. The van der Waals surface area contributed by atoms with Gasteiger partial charge in [-0.05, 0) is 46.8 Å². The minimum absolute atomic E-state index is 0.466. The molecule has 0 aromatic heterocycles. The zero-order valence-electron chi connectivity index (χ0n) is 11.5. The highest BCUT2D eigenvalue weighted by Crippen LogP contribution is 2.31. The molecule has 1 saturated heterocycles. The number of hydrogen-bond donors (Lipinski definition) is 1. The molecule has 0 amide bonds. The molecular weight excluding hydrogens is 334 g/mol. The molecule has 2 fully saturated rings. The van der Waals surface area contributed by atoms with Crippen LogP contribution in [0.2, 0.25) is 0 Å².